The first-order valence-corrected chi connectivity index (χ1v) is 8.85. The van der Waals surface area contributed by atoms with Crippen LogP contribution in [0.15, 0.2) is 48.2 Å². The zero-order valence-corrected chi connectivity index (χ0v) is 15.8. The minimum atomic E-state index is -0.487. The minimum absolute atomic E-state index is 0.00898. The summed E-state index contributed by atoms with van der Waals surface area (Å²) in [5, 5.41) is 10.4. The highest BCUT2D eigenvalue weighted by Gasteiger charge is 2.14. The maximum Gasteiger partial charge on any atom is 0.280 e. The molecule has 7 nitrogen and oxygen atoms in total. The van der Waals surface area contributed by atoms with Gasteiger partial charge in [-0.05, 0) is 38.1 Å². The number of amides is 2. The van der Waals surface area contributed by atoms with Crippen LogP contribution in [0.1, 0.15) is 23.4 Å². The van der Waals surface area contributed by atoms with Gasteiger partial charge < -0.3 is 10.3 Å². The summed E-state index contributed by atoms with van der Waals surface area (Å²) in [7, 11) is 0. The van der Waals surface area contributed by atoms with Crippen LogP contribution in [0.2, 0.25) is 0 Å². The molecule has 0 unspecified atom stereocenters. The molecule has 0 aliphatic heterocycles. The van der Waals surface area contributed by atoms with Crippen LogP contribution in [0.25, 0.3) is 17.0 Å². The number of primary amides is 1. The van der Waals surface area contributed by atoms with Crippen molar-refractivity contribution in [2.45, 2.75) is 26.8 Å². The van der Waals surface area contributed by atoms with Gasteiger partial charge in [-0.25, -0.2) is 0 Å². The lowest BCUT2D eigenvalue weighted by Crippen LogP contribution is -2.25. The van der Waals surface area contributed by atoms with Crippen molar-refractivity contribution in [1.29, 1.82) is 5.26 Å². The predicted molar refractivity (Wildman–Crippen MR) is 108 cm³/mol. The number of aryl methyl sites for hydroxylation is 3. The van der Waals surface area contributed by atoms with E-state index in [1.807, 2.05) is 67.1 Å². The van der Waals surface area contributed by atoms with E-state index in [-0.39, 0.29) is 17.9 Å². The summed E-state index contributed by atoms with van der Waals surface area (Å²) in [5.74, 6) is -0.872. The fraction of sp³-hybridized carbons (Fsp3) is 0.190. The number of rotatable bonds is 6. The Bertz CT molecular complexity index is 1110. The van der Waals surface area contributed by atoms with Gasteiger partial charge in [0.25, 0.3) is 5.91 Å². The first-order chi connectivity index (χ1) is 13.4. The molecule has 7 heteroatoms. The molecule has 3 N–H and O–H groups in total. The summed E-state index contributed by atoms with van der Waals surface area (Å²) in [6.45, 7) is 4.17. The highest BCUT2D eigenvalue weighted by Crippen LogP contribution is 2.24. The second-order valence-electron chi connectivity index (χ2n) is 6.57. The lowest BCUT2D eigenvalue weighted by atomic mass is 10.1. The Morgan fingerprint density at radius 3 is 2.50 bits per heavy atom. The number of nitriles is 1. The van der Waals surface area contributed by atoms with Gasteiger partial charge in [0.05, 0.1) is 0 Å². The maximum absolute atomic E-state index is 12.6. The third-order valence-electron chi connectivity index (χ3n) is 4.57. The van der Waals surface area contributed by atoms with Gasteiger partial charge in [0.2, 0.25) is 5.91 Å². The lowest BCUT2D eigenvalue weighted by molar-refractivity contribution is -0.118. The predicted octanol–water partition coefficient (Wildman–Crippen LogP) is 2.61. The lowest BCUT2D eigenvalue weighted by Gasteiger charge is -2.10. The van der Waals surface area contributed by atoms with Crippen LogP contribution in [-0.4, -0.2) is 21.1 Å². The number of hydrogen-bond donors (Lipinski definition) is 2. The number of hydrogen-bond acceptors (Lipinski definition) is 3. The summed E-state index contributed by atoms with van der Waals surface area (Å²) in [5.41, 5.74) is 11.4. The molecule has 2 aromatic heterocycles. The number of para-hydroxylation sites is 1. The molecule has 28 heavy (non-hydrogen) atoms. The third kappa shape index (κ3) is 3.81. The average molecular weight is 375 g/mol. The van der Waals surface area contributed by atoms with Gasteiger partial charge >= 0.3 is 0 Å². The van der Waals surface area contributed by atoms with Gasteiger partial charge in [0.1, 0.15) is 11.6 Å². The summed E-state index contributed by atoms with van der Waals surface area (Å²) >= 11 is 0. The molecule has 0 fully saturated rings. The molecular weight excluding hydrogens is 354 g/mol. The number of carbonyl (C=O) groups excluding carboxylic acids is 2. The third-order valence-corrected chi connectivity index (χ3v) is 4.57. The molecular formula is C21H21N5O2. The van der Waals surface area contributed by atoms with Gasteiger partial charge in [-0.1, -0.05) is 18.2 Å². The first kappa shape index (κ1) is 19.0. The Hall–Kier alpha value is -3.79. The zero-order valence-electron chi connectivity index (χ0n) is 15.8. The van der Waals surface area contributed by atoms with E-state index in [0.717, 1.165) is 27.9 Å². The molecule has 0 aliphatic rings. The second kappa shape index (κ2) is 7.84. The summed E-state index contributed by atoms with van der Waals surface area (Å²) in [6, 6.07) is 13.4. The fourth-order valence-corrected chi connectivity index (χ4v) is 3.12. The van der Waals surface area contributed by atoms with Gasteiger partial charge in [-0.2, -0.15) is 5.26 Å². The van der Waals surface area contributed by atoms with E-state index in [1.54, 1.807) is 10.8 Å². The normalized spacial score (nSPS) is 11.4. The Kier molecular flexibility index (Phi) is 5.32. The second-order valence-corrected chi connectivity index (χ2v) is 6.57. The molecule has 0 saturated carbocycles. The number of nitrogens with zero attached hydrogens (tertiary/aromatic N) is 3. The van der Waals surface area contributed by atoms with E-state index in [2.05, 4.69) is 5.43 Å². The monoisotopic (exact) mass is 375 g/mol. The molecule has 3 aromatic rings. The SMILES string of the molecule is Cc1ccc(C)n1NC(=O)/C(C#N)=C/c1cn(CCC(N)=O)c2ccccc12. The Balaban J connectivity index is 1.96. The van der Waals surface area contributed by atoms with E-state index in [1.165, 1.54) is 0 Å². The van der Waals surface area contributed by atoms with Crippen LogP contribution >= 0.6 is 0 Å². The molecule has 0 spiro atoms. The van der Waals surface area contributed by atoms with Crippen LogP contribution < -0.4 is 11.2 Å². The molecule has 0 bridgehead atoms. The van der Waals surface area contributed by atoms with Crippen molar-refractivity contribution in [1.82, 2.24) is 9.24 Å². The zero-order chi connectivity index (χ0) is 20.3. The topological polar surface area (TPSA) is 106 Å². The number of nitrogens with two attached hydrogens (primary N) is 1. The van der Waals surface area contributed by atoms with Crippen molar-refractivity contribution < 1.29 is 9.59 Å². The highest BCUT2D eigenvalue weighted by atomic mass is 16.2. The van der Waals surface area contributed by atoms with Crippen LogP contribution in [-0.2, 0) is 16.1 Å². The van der Waals surface area contributed by atoms with E-state index >= 15 is 0 Å². The molecule has 1 aromatic carbocycles. The Morgan fingerprint density at radius 1 is 1.18 bits per heavy atom. The summed E-state index contributed by atoms with van der Waals surface area (Å²) < 4.78 is 3.54. The van der Waals surface area contributed by atoms with Crippen molar-refractivity contribution >= 4 is 28.8 Å². The molecule has 0 aliphatic carbocycles. The summed E-state index contributed by atoms with van der Waals surface area (Å²) in [4.78, 5) is 23.8. The Morgan fingerprint density at radius 2 is 1.86 bits per heavy atom. The number of fused-ring (bicyclic) bond motifs is 1. The molecule has 3 rings (SSSR count). The van der Waals surface area contributed by atoms with Crippen LogP contribution in [0, 0.1) is 25.2 Å². The van der Waals surface area contributed by atoms with E-state index in [4.69, 9.17) is 5.73 Å². The van der Waals surface area contributed by atoms with Crippen molar-refractivity contribution in [2.75, 3.05) is 5.43 Å². The van der Waals surface area contributed by atoms with Gasteiger partial charge in [-0.15, -0.1) is 0 Å². The fourth-order valence-electron chi connectivity index (χ4n) is 3.12. The van der Waals surface area contributed by atoms with Gasteiger partial charge in [0.15, 0.2) is 0 Å². The van der Waals surface area contributed by atoms with E-state index in [9.17, 15) is 14.9 Å². The van der Waals surface area contributed by atoms with Crippen LogP contribution in [0.4, 0.5) is 0 Å². The standard InChI is InChI=1S/C21H21N5O2/c1-14-7-8-15(2)26(14)24-21(28)16(12-22)11-17-13-25(10-9-20(23)27)19-6-4-3-5-18(17)19/h3-8,11,13H,9-10H2,1-2H3,(H2,23,27)(H,24,28)/b16-11+. The van der Waals surface area contributed by atoms with Gasteiger partial charge in [0, 0.05) is 47.0 Å². The Labute approximate surface area is 162 Å². The molecule has 0 atom stereocenters. The number of benzene rings is 1. The van der Waals surface area contributed by atoms with E-state index in [0.29, 0.717) is 6.54 Å². The van der Waals surface area contributed by atoms with Crippen molar-refractivity contribution in [3.63, 3.8) is 0 Å². The molecule has 0 radical (unpaired) electrons. The smallest absolute Gasteiger partial charge is 0.280 e. The highest BCUT2D eigenvalue weighted by molar-refractivity contribution is 6.08. The molecule has 142 valence electrons. The largest absolute Gasteiger partial charge is 0.370 e. The van der Waals surface area contributed by atoms with E-state index < -0.39 is 5.91 Å². The molecule has 2 amide bonds. The minimum Gasteiger partial charge on any atom is -0.370 e. The summed E-state index contributed by atoms with van der Waals surface area (Å²) in [6.07, 6.45) is 3.59. The van der Waals surface area contributed by atoms with Crippen molar-refractivity contribution in [3.05, 3.63) is 65.1 Å². The van der Waals surface area contributed by atoms with Crippen molar-refractivity contribution in [2.24, 2.45) is 5.73 Å². The average Bonchev–Trinajstić information content (AvgIpc) is 3.19. The molecule has 0 saturated heterocycles. The number of nitrogens with one attached hydrogen (secondary N) is 1. The first-order valence-electron chi connectivity index (χ1n) is 8.85. The maximum atomic E-state index is 12.6. The van der Waals surface area contributed by atoms with Crippen molar-refractivity contribution in [3.8, 4) is 6.07 Å². The quantitative estimate of drug-likeness (QED) is 0.511. The van der Waals surface area contributed by atoms with Crippen LogP contribution in [0.3, 0.4) is 0 Å². The van der Waals surface area contributed by atoms with Gasteiger partial charge in [-0.3, -0.25) is 19.7 Å². The number of aromatic nitrogens is 2. The van der Waals surface area contributed by atoms with Crippen LogP contribution in [0.5, 0.6) is 0 Å². The number of carbonyl (C=O) groups is 2. The molecule has 2 heterocycles.